The summed E-state index contributed by atoms with van der Waals surface area (Å²) in [6, 6.07) is 7.29. The highest BCUT2D eigenvalue weighted by molar-refractivity contribution is 6.00. The Morgan fingerprint density at radius 3 is 2.75 bits per heavy atom. The minimum atomic E-state index is -0.0388. The van der Waals surface area contributed by atoms with E-state index < -0.39 is 0 Å². The van der Waals surface area contributed by atoms with Crippen LogP contribution in [0.2, 0.25) is 0 Å². The average molecular weight is 160 g/mol. The van der Waals surface area contributed by atoms with Gasteiger partial charge >= 0.3 is 0 Å². The van der Waals surface area contributed by atoms with Gasteiger partial charge in [0.2, 0.25) is 6.08 Å². The average Bonchev–Trinajstić information content (AvgIpc) is 2.05. The van der Waals surface area contributed by atoms with Crippen LogP contribution in [0.4, 0.5) is 0 Å². The van der Waals surface area contributed by atoms with Crippen molar-refractivity contribution in [3.05, 3.63) is 35.4 Å². The maximum atomic E-state index is 9.87. The van der Waals surface area contributed by atoms with Crippen molar-refractivity contribution in [1.82, 2.24) is 0 Å². The molecule has 0 aromatic heterocycles. The van der Waals surface area contributed by atoms with Crippen LogP contribution in [0.1, 0.15) is 11.1 Å². The van der Waals surface area contributed by atoms with Crippen LogP contribution in [0.15, 0.2) is 29.3 Å². The van der Waals surface area contributed by atoms with Crippen LogP contribution >= 0.6 is 0 Å². The maximum absolute atomic E-state index is 9.87. The van der Waals surface area contributed by atoms with Gasteiger partial charge in [0.05, 0.1) is 0 Å². The van der Waals surface area contributed by atoms with Crippen LogP contribution in [0, 0.1) is 12.3 Å². The normalized spacial score (nSPS) is 8.75. The van der Waals surface area contributed by atoms with E-state index in [4.69, 9.17) is 5.41 Å². The number of hydrogen-bond acceptors (Lipinski definition) is 2. The molecule has 0 radical (unpaired) electrons. The molecule has 0 atom stereocenters. The number of rotatable bonds is 1. The Morgan fingerprint density at radius 2 is 2.17 bits per heavy atom. The monoisotopic (exact) mass is 160 g/mol. The highest BCUT2D eigenvalue weighted by Gasteiger charge is 2.00. The van der Waals surface area contributed by atoms with E-state index in [1.54, 1.807) is 12.1 Å². The lowest BCUT2D eigenvalue weighted by atomic mass is 10.1. The van der Waals surface area contributed by atoms with E-state index >= 15 is 0 Å². The van der Waals surface area contributed by atoms with Crippen molar-refractivity contribution < 1.29 is 4.79 Å². The van der Waals surface area contributed by atoms with Gasteiger partial charge in [-0.05, 0) is 12.5 Å². The van der Waals surface area contributed by atoms with Crippen LogP contribution in [0.3, 0.4) is 0 Å². The molecule has 1 N–H and O–H groups in total. The highest BCUT2D eigenvalue weighted by atomic mass is 16.1. The third kappa shape index (κ3) is 1.65. The van der Waals surface area contributed by atoms with Crippen molar-refractivity contribution in [2.45, 2.75) is 6.92 Å². The van der Waals surface area contributed by atoms with Gasteiger partial charge in [0.15, 0.2) is 5.84 Å². The molecule has 3 nitrogen and oxygen atoms in total. The zero-order valence-electron chi connectivity index (χ0n) is 6.66. The van der Waals surface area contributed by atoms with E-state index in [-0.39, 0.29) is 5.84 Å². The summed E-state index contributed by atoms with van der Waals surface area (Å²) < 4.78 is 0. The van der Waals surface area contributed by atoms with E-state index in [0.29, 0.717) is 5.56 Å². The molecule has 0 aliphatic heterocycles. The van der Waals surface area contributed by atoms with Crippen molar-refractivity contribution in [2.24, 2.45) is 4.99 Å². The number of benzene rings is 1. The van der Waals surface area contributed by atoms with E-state index in [9.17, 15) is 4.79 Å². The predicted octanol–water partition coefficient (Wildman–Crippen LogP) is 1.66. The first kappa shape index (κ1) is 8.37. The summed E-state index contributed by atoms with van der Waals surface area (Å²) in [5, 5.41) is 7.34. The Balaban J connectivity index is 3.11. The highest BCUT2D eigenvalue weighted by Crippen LogP contribution is 2.07. The molecule has 0 fully saturated rings. The first-order chi connectivity index (χ1) is 5.75. The molecule has 1 aromatic carbocycles. The molecule has 3 heteroatoms. The standard InChI is InChI=1S/C9H8N2O/c1-7-4-2-3-5-8(7)9(10)11-6-12/h2-5,10H,1H3. The van der Waals surface area contributed by atoms with E-state index in [1.807, 2.05) is 19.1 Å². The van der Waals surface area contributed by atoms with Crippen molar-refractivity contribution in [3.8, 4) is 0 Å². The molecule has 1 aromatic rings. The van der Waals surface area contributed by atoms with Crippen LogP contribution in [0.5, 0.6) is 0 Å². The second-order valence-electron chi connectivity index (χ2n) is 2.37. The van der Waals surface area contributed by atoms with Gasteiger partial charge < -0.3 is 0 Å². The molecular weight excluding hydrogens is 152 g/mol. The zero-order chi connectivity index (χ0) is 8.97. The smallest absolute Gasteiger partial charge is 0.242 e. The van der Waals surface area contributed by atoms with Gasteiger partial charge in [-0.2, -0.15) is 0 Å². The third-order valence-electron chi connectivity index (χ3n) is 1.56. The number of aryl methyl sites for hydroxylation is 1. The lowest BCUT2D eigenvalue weighted by Gasteiger charge is -1.99. The Kier molecular flexibility index (Phi) is 2.51. The number of nitrogens with one attached hydrogen (secondary N) is 1. The van der Waals surface area contributed by atoms with Crippen LogP contribution in [-0.4, -0.2) is 11.9 Å². The lowest BCUT2D eigenvalue weighted by molar-refractivity contribution is 0.565. The molecule has 12 heavy (non-hydrogen) atoms. The molecule has 0 amide bonds. The molecule has 0 aliphatic carbocycles. The molecule has 0 saturated carbocycles. The van der Waals surface area contributed by atoms with Gasteiger partial charge in [-0.15, -0.1) is 4.99 Å². The summed E-state index contributed by atoms with van der Waals surface area (Å²) in [6.45, 7) is 1.87. The Morgan fingerprint density at radius 1 is 1.50 bits per heavy atom. The second kappa shape index (κ2) is 3.60. The first-order valence-corrected chi connectivity index (χ1v) is 3.48. The number of aliphatic imine (C=N–C) groups is 1. The summed E-state index contributed by atoms with van der Waals surface area (Å²) in [4.78, 5) is 13.1. The molecule has 0 bridgehead atoms. The van der Waals surface area contributed by atoms with Crippen LogP contribution < -0.4 is 0 Å². The molecule has 0 heterocycles. The molecule has 1 rings (SSSR count). The SMILES string of the molecule is Cc1ccccc1C(=N)N=C=O. The largest absolute Gasteiger partial charge is 0.282 e. The molecule has 0 spiro atoms. The van der Waals surface area contributed by atoms with Gasteiger partial charge in [-0.1, -0.05) is 24.3 Å². The maximum Gasteiger partial charge on any atom is 0.242 e. The third-order valence-corrected chi connectivity index (χ3v) is 1.56. The number of hydrogen-bond donors (Lipinski definition) is 1. The minimum Gasteiger partial charge on any atom is -0.282 e. The fourth-order valence-corrected chi connectivity index (χ4v) is 0.944. The molecular formula is C9H8N2O. The molecule has 0 unspecified atom stereocenters. The van der Waals surface area contributed by atoms with Crippen molar-refractivity contribution >= 4 is 11.9 Å². The summed E-state index contributed by atoms with van der Waals surface area (Å²) >= 11 is 0. The summed E-state index contributed by atoms with van der Waals surface area (Å²) in [5.41, 5.74) is 1.60. The first-order valence-electron chi connectivity index (χ1n) is 3.48. The molecule has 0 aliphatic rings. The van der Waals surface area contributed by atoms with Crippen LogP contribution in [0.25, 0.3) is 0 Å². The quantitative estimate of drug-likeness (QED) is 0.379. The summed E-state index contributed by atoms with van der Waals surface area (Å²) in [5.74, 6) is -0.0388. The van der Waals surface area contributed by atoms with Gasteiger partial charge in [-0.3, -0.25) is 5.41 Å². The molecule has 60 valence electrons. The van der Waals surface area contributed by atoms with Gasteiger partial charge in [-0.25, -0.2) is 4.79 Å². The van der Waals surface area contributed by atoms with Crippen LogP contribution in [-0.2, 0) is 4.79 Å². The van der Waals surface area contributed by atoms with Crippen molar-refractivity contribution in [3.63, 3.8) is 0 Å². The van der Waals surface area contributed by atoms with E-state index in [0.717, 1.165) is 5.56 Å². The fraction of sp³-hybridized carbons (Fsp3) is 0.111. The number of carbonyl (C=O) groups excluding carboxylic acids is 1. The van der Waals surface area contributed by atoms with Gasteiger partial charge in [0.1, 0.15) is 0 Å². The fourth-order valence-electron chi connectivity index (χ4n) is 0.944. The summed E-state index contributed by atoms with van der Waals surface area (Å²) in [7, 11) is 0. The Hall–Kier alpha value is -1.73. The predicted molar refractivity (Wildman–Crippen MR) is 46.1 cm³/mol. The van der Waals surface area contributed by atoms with Gasteiger partial charge in [0.25, 0.3) is 0 Å². The second-order valence-corrected chi connectivity index (χ2v) is 2.37. The Labute approximate surface area is 70.3 Å². The zero-order valence-corrected chi connectivity index (χ0v) is 6.66. The molecule has 0 saturated heterocycles. The van der Waals surface area contributed by atoms with E-state index in [1.165, 1.54) is 6.08 Å². The van der Waals surface area contributed by atoms with Crippen molar-refractivity contribution in [1.29, 1.82) is 5.41 Å². The number of nitrogens with zero attached hydrogens (tertiary/aromatic N) is 1. The number of isocyanates is 1. The Bertz CT molecular complexity index is 351. The van der Waals surface area contributed by atoms with E-state index in [2.05, 4.69) is 4.99 Å². The topological polar surface area (TPSA) is 53.3 Å². The lowest BCUT2D eigenvalue weighted by Crippen LogP contribution is -1.96. The van der Waals surface area contributed by atoms with Gasteiger partial charge in [0, 0.05) is 5.56 Å². The van der Waals surface area contributed by atoms with Crippen molar-refractivity contribution in [2.75, 3.05) is 0 Å². The summed E-state index contributed by atoms with van der Waals surface area (Å²) in [6.07, 6.45) is 1.34. The minimum absolute atomic E-state index is 0.0388. The number of amidine groups is 1.